The summed E-state index contributed by atoms with van der Waals surface area (Å²) in [6.45, 7) is 10.1. The van der Waals surface area contributed by atoms with Crippen molar-refractivity contribution < 1.29 is 0 Å². The van der Waals surface area contributed by atoms with Crippen LogP contribution in [0.25, 0.3) is 0 Å². The Labute approximate surface area is 118 Å². The Kier molecular flexibility index (Phi) is 5.49. The smallest absolute Gasteiger partial charge is 0.191 e. The van der Waals surface area contributed by atoms with Gasteiger partial charge in [0.15, 0.2) is 5.96 Å². The Bertz CT molecular complexity index is 289. The summed E-state index contributed by atoms with van der Waals surface area (Å²) >= 11 is 0. The Morgan fingerprint density at radius 3 is 2.42 bits per heavy atom. The highest BCUT2D eigenvalue weighted by Crippen LogP contribution is 2.16. The first kappa shape index (κ1) is 14.6. The maximum absolute atomic E-state index is 6.15. The number of likely N-dealkylation sites (tertiary alicyclic amines) is 2. The lowest BCUT2D eigenvalue weighted by molar-refractivity contribution is 0.239. The SMILES string of the molecule is CCC(CN=C(N)N1CCC(C)CC1)N1CCCC1. The molecule has 2 heterocycles. The van der Waals surface area contributed by atoms with E-state index < -0.39 is 0 Å². The molecule has 2 aliphatic rings. The van der Waals surface area contributed by atoms with E-state index in [4.69, 9.17) is 5.73 Å². The number of nitrogens with two attached hydrogens (primary N) is 1. The highest BCUT2D eigenvalue weighted by molar-refractivity contribution is 5.78. The van der Waals surface area contributed by atoms with Gasteiger partial charge in [-0.25, -0.2) is 0 Å². The van der Waals surface area contributed by atoms with Crippen LogP contribution >= 0.6 is 0 Å². The quantitative estimate of drug-likeness (QED) is 0.624. The summed E-state index contributed by atoms with van der Waals surface area (Å²) < 4.78 is 0. The molecule has 19 heavy (non-hydrogen) atoms. The molecule has 0 aliphatic carbocycles. The zero-order chi connectivity index (χ0) is 13.7. The first-order valence-electron chi connectivity index (χ1n) is 7.99. The molecule has 2 N–H and O–H groups in total. The van der Waals surface area contributed by atoms with Crippen molar-refractivity contribution >= 4 is 5.96 Å². The maximum atomic E-state index is 6.15. The predicted octanol–water partition coefficient (Wildman–Crippen LogP) is 1.91. The van der Waals surface area contributed by atoms with E-state index in [2.05, 4.69) is 28.6 Å². The van der Waals surface area contributed by atoms with Gasteiger partial charge in [-0.3, -0.25) is 9.89 Å². The first-order valence-corrected chi connectivity index (χ1v) is 7.99. The summed E-state index contributed by atoms with van der Waals surface area (Å²) in [4.78, 5) is 9.51. The van der Waals surface area contributed by atoms with Crippen LogP contribution in [0, 0.1) is 5.92 Å². The zero-order valence-corrected chi connectivity index (χ0v) is 12.6. The number of piperidine rings is 1. The van der Waals surface area contributed by atoms with Crippen LogP contribution in [0.1, 0.15) is 46.0 Å². The van der Waals surface area contributed by atoms with Crippen molar-refractivity contribution in [2.24, 2.45) is 16.6 Å². The van der Waals surface area contributed by atoms with Gasteiger partial charge in [-0.1, -0.05) is 13.8 Å². The lowest BCUT2D eigenvalue weighted by Gasteiger charge is -2.31. The van der Waals surface area contributed by atoms with Gasteiger partial charge in [0.2, 0.25) is 0 Å². The molecule has 0 bridgehead atoms. The summed E-state index contributed by atoms with van der Waals surface area (Å²) in [5.74, 6) is 1.61. The van der Waals surface area contributed by atoms with Gasteiger partial charge in [0.25, 0.3) is 0 Å². The van der Waals surface area contributed by atoms with Crippen LogP contribution in [0.3, 0.4) is 0 Å². The molecular formula is C15H30N4. The lowest BCUT2D eigenvalue weighted by Crippen LogP contribution is -2.43. The highest BCUT2D eigenvalue weighted by atomic mass is 15.3. The van der Waals surface area contributed by atoms with E-state index in [1.807, 2.05) is 0 Å². The molecule has 4 heteroatoms. The van der Waals surface area contributed by atoms with Crippen LogP contribution in [0.5, 0.6) is 0 Å². The van der Waals surface area contributed by atoms with Gasteiger partial charge in [0.1, 0.15) is 0 Å². The molecule has 1 unspecified atom stereocenters. The standard InChI is InChI=1S/C15H30N4/c1-3-14(18-8-4-5-9-18)12-17-15(16)19-10-6-13(2)7-11-19/h13-14H,3-12H2,1-2H3,(H2,16,17). The van der Waals surface area contributed by atoms with Crippen LogP contribution in [0.4, 0.5) is 0 Å². The number of guanidine groups is 1. The topological polar surface area (TPSA) is 44.9 Å². The number of hydrogen-bond acceptors (Lipinski definition) is 2. The number of nitrogens with zero attached hydrogens (tertiary/aromatic N) is 3. The minimum Gasteiger partial charge on any atom is -0.370 e. The monoisotopic (exact) mass is 266 g/mol. The van der Waals surface area contributed by atoms with E-state index in [0.29, 0.717) is 6.04 Å². The summed E-state index contributed by atoms with van der Waals surface area (Å²) in [5, 5.41) is 0. The van der Waals surface area contributed by atoms with Gasteiger partial charge < -0.3 is 10.6 Å². The molecule has 110 valence electrons. The second-order valence-corrected chi connectivity index (χ2v) is 6.17. The fourth-order valence-corrected chi connectivity index (χ4v) is 3.15. The normalized spacial score (nSPS) is 24.9. The Morgan fingerprint density at radius 2 is 1.84 bits per heavy atom. The summed E-state index contributed by atoms with van der Waals surface area (Å²) in [5.41, 5.74) is 6.15. The minimum atomic E-state index is 0.588. The summed E-state index contributed by atoms with van der Waals surface area (Å²) in [6, 6.07) is 0.588. The second-order valence-electron chi connectivity index (χ2n) is 6.17. The molecule has 0 aromatic heterocycles. The fraction of sp³-hybridized carbons (Fsp3) is 0.933. The average Bonchev–Trinajstić information content (AvgIpc) is 2.94. The second kappa shape index (κ2) is 7.13. The van der Waals surface area contributed by atoms with Gasteiger partial charge >= 0.3 is 0 Å². The molecule has 2 saturated heterocycles. The molecule has 2 fully saturated rings. The molecule has 1 atom stereocenters. The lowest BCUT2D eigenvalue weighted by atomic mass is 10.00. The third-order valence-corrected chi connectivity index (χ3v) is 4.70. The van der Waals surface area contributed by atoms with Crippen LogP contribution in [-0.2, 0) is 0 Å². The molecular weight excluding hydrogens is 236 g/mol. The van der Waals surface area contributed by atoms with Crippen LogP contribution in [0.2, 0.25) is 0 Å². The van der Waals surface area contributed by atoms with Crippen molar-refractivity contribution in [2.75, 3.05) is 32.7 Å². The Balaban J connectivity index is 1.82. The summed E-state index contributed by atoms with van der Waals surface area (Å²) in [6.07, 6.45) is 6.37. The number of hydrogen-bond donors (Lipinski definition) is 1. The van der Waals surface area contributed by atoms with Gasteiger partial charge in [-0.15, -0.1) is 0 Å². The molecule has 2 aliphatic heterocycles. The van der Waals surface area contributed by atoms with Crippen molar-refractivity contribution in [3.63, 3.8) is 0 Å². The van der Waals surface area contributed by atoms with E-state index in [0.717, 1.165) is 31.5 Å². The van der Waals surface area contributed by atoms with Crippen LogP contribution in [0.15, 0.2) is 4.99 Å². The molecule has 0 radical (unpaired) electrons. The van der Waals surface area contributed by atoms with E-state index in [9.17, 15) is 0 Å². The minimum absolute atomic E-state index is 0.588. The van der Waals surface area contributed by atoms with E-state index in [1.54, 1.807) is 0 Å². The van der Waals surface area contributed by atoms with Gasteiger partial charge in [0.05, 0.1) is 6.54 Å². The van der Waals surface area contributed by atoms with Gasteiger partial charge in [0, 0.05) is 19.1 Å². The summed E-state index contributed by atoms with van der Waals surface area (Å²) in [7, 11) is 0. The van der Waals surface area contributed by atoms with Crippen molar-refractivity contribution in [2.45, 2.75) is 52.0 Å². The molecule has 0 aromatic carbocycles. The zero-order valence-electron chi connectivity index (χ0n) is 12.6. The van der Waals surface area contributed by atoms with Crippen LogP contribution in [-0.4, -0.2) is 54.5 Å². The van der Waals surface area contributed by atoms with Crippen LogP contribution < -0.4 is 5.73 Å². The van der Waals surface area contributed by atoms with Crippen molar-refractivity contribution in [1.29, 1.82) is 0 Å². The highest BCUT2D eigenvalue weighted by Gasteiger charge is 2.21. The molecule has 0 spiro atoms. The molecule has 4 nitrogen and oxygen atoms in total. The molecule has 0 saturated carbocycles. The Hall–Kier alpha value is -0.770. The first-order chi connectivity index (χ1) is 9.20. The van der Waals surface area contributed by atoms with Gasteiger partial charge in [-0.2, -0.15) is 0 Å². The third-order valence-electron chi connectivity index (χ3n) is 4.70. The van der Waals surface area contributed by atoms with Crippen molar-refractivity contribution in [3.8, 4) is 0 Å². The molecule has 0 aromatic rings. The fourth-order valence-electron chi connectivity index (χ4n) is 3.15. The largest absolute Gasteiger partial charge is 0.370 e. The predicted molar refractivity (Wildman–Crippen MR) is 81.3 cm³/mol. The molecule has 0 amide bonds. The van der Waals surface area contributed by atoms with Crippen molar-refractivity contribution in [1.82, 2.24) is 9.80 Å². The number of rotatable bonds is 4. The van der Waals surface area contributed by atoms with Gasteiger partial charge in [-0.05, 0) is 51.1 Å². The van der Waals surface area contributed by atoms with E-state index >= 15 is 0 Å². The third kappa shape index (κ3) is 4.10. The van der Waals surface area contributed by atoms with E-state index in [1.165, 1.54) is 45.2 Å². The maximum Gasteiger partial charge on any atom is 0.191 e. The van der Waals surface area contributed by atoms with Crippen molar-refractivity contribution in [3.05, 3.63) is 0 Å². The molecule has 2 rings (SSSR count). The number of aliphatic imine (C=N–C) groups is 1. The average molecular weight is 266 g/mol. The Morgan fingerprint density at radius 1 is 1.21 bits per heavy atom. The van der Waals surface area contributed by atoms with E-state index in [-0.39, 0.29) is 0 Å².